The fourth-order valence-corrected chi connectivity index (χ4v) is 3.94. The Morgan fingerprint density at radius 3 is 2.63 bits per heavy atom. The van der Waals surface area contributed by atoms with Crippen molar-refractivity contribution in [2.45, 2.75) is 26.2 Å². The van der Waals surface area contributed by atoms with E-state index in [-0.39, 0.29) is 5.78 Å². The Bertz CT molecular complexity index is 1150. The fraction of sp³-hybridized carbons (Fsp3) is 0.481. The van der Waals surface area contributed by atoms with Crippen LogP contribution in [0.25, 0.3) is 16.9 Å². The van der Waals surface area contributed by atoms with Crippen LogP contribution in [-0.2, 0) is 4.74 Å². The number of pyridine rings is 1. The zero-order chi connectivity index (χ0) is 24.8. The highest BCUT2D eigenvalue weighted by atomic mass is 16.5. The van der Waals surface area contributed by atoms with Gasteiger partial charge in [-0.3, -0.25) is 9.20 Å². The summed E-state index contributed by atoms with van der Waals surface area (Å²) in [5.74, 6) is 2.33. The standard InChI is InChI=1S/C27H35N3O5/c1-5-33-12-13-35-25-16-20(15-24(32-4)27(25)23(31)14-19-6-7-19)22-18-28-26-17-21(8-9-30(22)26)34-11-10-29(2)3/h8-9,15-19H,5-7,10-14H2,1-4H3. The van der Waals surface area contributed by atoms with Crippen LogP contribution in [0.5, 0.6) is 17.2 Å². The summed E-state index contributed by atoms with van der Waals surface area (Å²) in [6, 6.07) is 7.64. The average Bonchev–Trinajstić information content (AvgIpc) is 3.56. The van der Waals surface area contributed by atoms with Crippen LogP contribution < -0.4 is 14.2 Å². The topological polar surface area (TPSA) is 74.5 Å². The molecule has 0 saturated heterocycles. The molecule has 0 atom stereocenters. The fourth-order valence-electron chi connectivity index (χ4n) is 3.94. The van der Waals surface area contributed by atoms with E-state index < -0.39 is 0 Å². The first-order valence-electron chi connectivity index (χ1n) is 12.2. The minimum Gasteiger partial charge on any atom is -0.496 e. The molecule has 8 heteroatoms. The van der Waals surface area contributed by atoms with Crippen molar-refractivity contribution in [2.75, 3.05) is 54.2 Å². The Morgan fingerprint density at radius 2 is 1.91 bits per heavy atom. The summed E-state index contributed by atoms with van der Waals surface area (Å²) in [6.07, 6.45) is 6.48. The van der Waals surface area contributed by atoms with Crippen LogP contribution in [0.15, 0.2) is 36.7 Å². The van der Waals surface area contributed by atoms with Crippen LogP contribution in [0.4, 0.5) is 0 Å². The number of fused-ring (bicyclic) bond motifs is 1. The molecule has 0 spiro atoms. The van der Waals surface area contributed by atoms with Gasteiger partial charge in [0.1, 0.15) is 41.7 Å². The molecule has 1 saturated carbocycles. The van der Waals surface area contributed by atoms with Crippen LogP contribution in [0, 0.1) is 5.92 Å². The highest BCUT2D eigenvalue weighted by molar-refractivity contribution is 6.02. The van der Waals surface area contributed by atoms with Gasteiger partial charge in [-0.05, 0) is 58.0 Å². The monoisotopic (exact) mass is 481 g/mol. The molecule has 1 fully saturated rings. The quantitative estimate of drug-likeness (QED) is 0.250. The molecular weight excluding hydrogens is 446 g/mol. The van der Waals surface area contributed by atoms with Crippen molar-refractivity contribution in [2.24, 2.45) is 5.92 Å². The lowest BCUT2D eigenvalue weighted by Crippen LogP contribution is -2.19. The SMILES string of the molecule is CCOCCOc1cc(-c2cnc3cc(OCCN(C)C)ccn23)cc(OC)c1C(=O)CC1CC1. The number of nitrogens with zero attached hydrogens (tertiary/aromatic N) is 3. The molecule has 1 aliphatic carbocycles. The summed E-state index contributed by atoms with van der Waals surface area (Å²) >= 11 is 0. The normalized spacial score (nSPS) is 13.4. The molecule has 35 heavy (non-hydrogen) atoms. The molecule has 2 aromatic heterocycles. The van der Waals surface area contributed by atoms with Gasteiger partial charge in [0.25, 0.3) is 0 Å². The number of carbonyl (C=O) groups is 1. The van der Waals surface area contributed by atoms with E-state index in [2.05, 4.69) is 9.88 Å². The van der Waals surface area contributed by atoms with Gasteiger partial charge in [0.15, 0.2) is 5.78 Å². The van der Waals surface area contributed by atoms with Crippen molar-refractivity contribution in [3.63, 3.8) is 0 Å². The van der Waals surface area contributed by atoms with Crippen molar-refractivity contribution in [3.8, 4) is 28.5 Å². The predicted molar refractivity (Wildman–Crippen MR) is 135 cm³/mol. The maximum Gasteiger partial charge on any atom is 0.170 e. The Kier molecular flexibility index (Phi) is 8.25. The number of aromatic nitrogens is 2. The highest BCUT2D eigenvalue weighted by Gasteiger charge is 2.29. The summed E-state index contributed by atoms with van der Waals surface area (Å²) in [6.45, 7) is 4.80. The first kappa shape index (κ1) is 25.0. The smallest absolute Gasteiger partial charge is 0.170 e. The molecule has 0 aliphatic heterocycles. The Balaban J connectivity index is 1.65. The van der Waals surface area contributed by atoms with Gasteiger partial charge in [0, 0.05) is 37.4 Å². The van der Waals surface area contributed by atoms with E-state index in [1.807, 2.05) is 62.1 Å². The molecule has 0 bridgehead atoms. The highest BCUT2D eigenvalue weighted by Crippen LogP contribution is 2.40. The van der Waals surface area contributed by atoms with E-state index in [9.17, 15) is 4.79 Å². The van der Waals surface area contributed by atoms with Crippen LogP contribution in [0.1, 0.15) is 36.5 Å². The molecule has 1 aliphatic rings. The Labute approximate surface area is 206 Å². The number of carbonyl (C=O) groups excluding carboxylic acids is 1. The molecule has 0 radical (unpaired) electrons. The van der Waals surface area contributed by atoms with Crippen molar-refractivity contribution >= 4 is 11.4 Å². The Morgan fingerprint density at radius 1 is 1.11 bits per heavy atom. The van der Waals surface area contributed by atoms with Crippen LogP contribution in [-0.4, -0.2) is 74.2 Å². The molecule has 0 amide bonds. The molecule has 8 nitrogen and oxygen atoms in total. The number of ketones is 1. The van der Waals surface area contributed by atoms with Gasteiger partial charge in [0.2, 0.25) is 0 Å². The minimum absolute atomic E-state index is 0.0555. The maximum atomic E-state index is 13.1. The lowest BCUT2D eigenvalue weighted by atomic mass is 10.00. The summed E-state index contributed by atoms with van der Waals surface area (Å²) in [7, 11) is 5.62. The molecule has 188 valence electrons. The van der Waals surface area contributed by atoms with Crippen molar-refractivity contribution in [3.05, 3.63) is 42.2 Å². The summed E-state index contributed by atoms with van der Waals surface area (Å²) in [5.41, 5.74) is 3.00. The first-order valence-corrected chi connectivity index (χ1v) is 12.2. The number of imidazole rings is 1. The number of hydrogen-bond donors (Lipinski definition) is 0. The second-order valence-electron chi connectivity index (χ2n) is 9.05. The van der Waals surface area contributed by atoms with Crippen LogP contribution in [0.2, 0.25) is 0 Å². The lowest BCUT2D eigenvalue weighted by Gasteiger charge is -2.17. The summed E-state index contributed by atoms with van der Waals surface area (Å²) in [4.78, 5) is 19.8. The number of Topliss-reactive ketones (excluding diaryl/α,β-unsaturated/α-hetero) is 1. The van der Waals surface area contributed by atoms with Gasteiger partial charge in [0.05, 0.1) is 25.6 Å². The van der Waals surface area contributed by atoms with Crippen molar-refractivity contribution < 1.29 is 23.7 Å². The molecule has 3 aromatic rings. The van der Waals surface area contributed by atoms with Gasteiger partial charge in [-0.25, -0.2) is 4.98 Å². The first-order chi connectivity index (χ1) is 17.0. The van der Waals surface area contributed by atoms with E-state index in [0.29, 0.717) is 55.8 Å². The Hall–Kier alpha value is -3.10. The molecule has 0 N–H and O–H groups in total. The summed E-state index contributed by atoms with van der Waals surface area (Å²) in [5, 5.41) is 0. The number of ether oxygens (including phenoxy) is 4. The maximum absolute atomic E-state index is 13.1. The molecule has 2 heterocycles. The van der Waals surface area contributed by atoms with E-state index in [1.165, 1.54) is 0 Å². The van der Waals surface area contributed by atoms with E-state index in [1.54, 1.807) is 7.11 Å². The molecular formula is C27H35N3O5. The second kappa shape index (κ2) is 11.6. The number of benzene rings is 1. The van der Waals surface area contributed by atoms with Crippen molar-refractivity contribution in [1.29, 1.82) is 0 Å². The van der Waals surface area contributed by atoms with Gasteiger partial charge >= 0.3 is 0 Å². The van der Waals surface area contributed by atoms with Crippen LogP contribution in [0.3, 0.4) is 0 Å². The van der Waals surface area contributed by atoms with E-state index in [4.69, 9.17) is 18.9 Å². The third-order valence-corrected chi connectivity index (χ3v) is 6.01. The third kappa shape index (κ3) is 6.32. The van der Waals surface area contributed by atoms with Crippen molar-refractivity contribution in [1.82, 2.24) is 14.3 Å². The van der Waals surface area contributed by atoms with E-state index in [0.717, 1.165) is 42.0 Å². The zero-order valence-corrected chi connectivity index (χ0v) is 21.1. The van der Waals surface area contributed by atoms with E-state index >= 15 is 0 Å². The molecule has 0 unspecified atom stereocenters. The second-order valence-corrected chi connectivity index (χ2v) is 9.05. The number of hydrogen-bond acceptors (Lipinski definition) is 7. The number of likely N-dealkylation sites (N-methyl/N-ethyl adjacent to an activating group) is 1. The molecule has 4 rings (SSSR count). The largest absolute Gasteiger partial charge is 0.496 e. The van der Waals surface area contributed by atoms with Gasteiger partial charge < -0.3 is 23.8 Å². The van der Waals surface area contributed by atoms with Gasteiger partial charge in [-0.15, -0.1) is 0 Å². The summed E-state index contributed by atoms with van der Waals surface area (Å²) < 4.78 is 25.0. The number of rotatable bonds is 14. The van der Waals surface area contributed by atoms with Gasteiger partial charge in [-0.2, -0.15) is 0 Å². The minimum atomic E-state index is 0.0555. The predicted octanol–water partition coefficient (Wildman–Crippen LogP) is 4.35. The average molecular weight is 482 g/mol. The number of methoxy groups -OCH3 is 1. The molecule has 1 aromatic carbocycles. The third-order valence-electron chi connectivity index (χ3n) is 6.01. The van der Waals surface area contributed by atoms with Gasteiger partial charge in [-0.1, -0.05) is 0 Å². The lowest BCUT2D eigenvalue weighted by molar-refractivity contribution is 0.0953. The zero-order valence-electron chi connectivity index (χ0n) is 21.1. The van der Waals surface area contributed by atoms with Crippen LogP contribution >= 0.6 is 0 Å².